The van der Waals surface area contributed by atoms with Gasteiger partial charge in [-0.05, 0) is 24.1 Å². The fraction of sp³-hybridized carbons (Fsp3) is 0.412. The highest BCUT2D eigenvalue weighted by Crippen LogP contribution is 2.22. The summed E-state index contributed by atoms with van der Waals surface area (Å²) in [5.41, 5.74) is 0.464. The predicted molar refractivity (Wildman–Crippen MR) is 104 cm³/mol. The summed E-state index contributed by atoms with van der Waals surface area (Å²) in [6.45, 7) is 5.39. The molecule has 0 spiro atoms. The molecule has 26 heavy (non-hydrogen) atoms. The first-order valence-corrected chi connectivity index (χ1v) is 10.1. The molecule has 0 atom stereocenters. The SMILES string of the molecule is CC(C)Cn1c(SCC(=O)N2CCNC2=O)nc2ccc(Br)cc2c1=O. The Balaban J connectivity index is 1.93. The molecule has 1 aliphatic heterocycles. The summed E-state index contributed by atoms with van der Waals surface area (Å²) in [6.07, 6.45) is 0. The molecule has 0 unspecified atom stereocenters. The van der Waals surface area contributed by atoms with Gasteiger partial charge in [-0.2, -0.15) is 0 Å². The lowest BCUT2D eigenvalue weighted by Gasteiger charge is -2.16. The minimum Gasteiger partial charge on any atom is -0.336 e. The molecule has 0 saturated carbocycles. The van der Waals surface area contributed by atoms with E-state index in [4.69, 9.17) is 0 Å². The van der Waals surface area contributed by atoms with E-state index >= 15 is 0 Å². The van der Waals surface area contributed by atoms with Crippen LogP contribution in [-0.4, -0.2) is 45.2 Å². The van der Waals surface area contributed by atoms with Gasteiger partial charge in [0.15, 0.2) is 5.16 Å². The Bertz CT molecular complexity index is 928. The molecular weight excluding hydrogens is 420 g/mol. The Morgan fingerprint density at radius 3 is 2.81 bits per heavy atom. The zero-order valence-corrected chi connectivity index (χ0v) is 16.9. The third-order valence-corrected chi connectivity index (χ3v) is 5.37. The summed E-state index contributed by atoms with van der Waals surface area (Å²) in [5.74, 6) is 0.0183. The molecule has 2 heterocycles. The van der Waals surface area contributed by atoms with Crippen LogP contribution in [0.5, 0.6) is 0 Å². The van der Waals surface area contributed by atoms with Gasteiger partial charge in [0, 0.05) is 24.1 Å². The first-order valence-electron chi connectivity index (χ1n) is 8.28. The molecule has 1 saturated heterocycles. The van der Waals surface area contributed by atoms with Crippen molar-refractivity contribution in [2.75, 3.05) is 18.8 Å². The van der Waals surface area contributed by atoms with Crippen LogP contribution in [-0.2, 0) is 11.3 Å². The number of hydrogen-bond donors (Lipinski definition) is 1. The number of carbonyl (C=O) groups is 2. The van der Waals surface area contributed by atoms with Crippen molar-refractivity contribution < 1.29 is 9.59 Å². The molecule has 1 aromatic carbocycles. The molecule has 1 fully saturated rings. The number of nitrogens with zero attached hydrogens (tertiary/aromatic N) is 3. The van der Waals surface area contributed by atoms with Crippen LogP contribution in [0.25, 0.3) is 10.9 Å². The van der Waals surface area contributed by atoms with Crippen molar-refractivity contribution in [3.05, 3.63) is 33.0 Å². The van der Waals surface area contributed by atoms with Gasteiger partial charge in [0.05, 0.1) is 16.7 Å². The number of thioether (sulfide) groups is 1. The normalized spacial score (nSPS) is 14.3. The Morgan fingerprint density at radius 1 is 1.38 bits per heavy atom. The van der Waals surface area contributed by atoms with Gasteiger partial charge in [-0.25, -0.2) is 9.78 Å². The van der Waals surface area contributed by atoms with Gasteiger partial charge in [-0.3, -0.25) is 19.1 Å². The van der Waals surface area contributed by atoms with E-state index in [0.29, 0.717) is 35.7 Å². The maximum Gasteiger partial charge on any atom is 0.324 e. The average molecular weight is 439 g/mol. The smallest absolute Gasteiger partial charge is 0.324 e. The highest BCUT2D eigenvalue weighted by atomic mass is 79.9. The largest absolute Gasteiger partial charge is 0.336 e. The lowest BCUT2D eigenvalue weighted by atomic mass is 10.2. The molecule has 1 N–H and O–H groups in total. The summed E-state index contributed by atoms with van der Waals surface area (Å²) in [5, 5.41) is 3.64. The van der Waals surface area contributed by atoms with Crippen LogP contribution < -0.4 is 10.9 Å². The van der Waals surface area contributed by atoms with Crippen LogP contribution in [0.4, 0.5) is 4.79 Å². The minimum absolute atomic E-state index is 0.0555. The van der Waals surface area contributed by atoms with E-state index in [9.17, 15) is 14.4 Å². The second-order valence-corrected chi connectivity index (χ2v) is 8.29. The van der Waals surface area contributed by atoms with Gasteiger partial charge in [-0.1, -0.05) is 41.5 Å². The number of hydrogen-bond acceptors (Lipinski definition) is 5. The van der Waals surface area contributed by atoms with Crippen LogP contribution in [0, 0.1) is 5.92 Å². The van der Waals surface area contributed by atoms with Gasteiger partial charge in [-0.15, -0.1) is 0 Å². The van der Waals surface area contributed by atoms with E-state index in [1.165, 1.54) is 16.7 Å². The van der Waals surface area contributed by atoms with E-state index < -0.39 is 0 Å². The molecule has 1 aliphatic rings. The zero-order chi connectivity index (χ0) is 18.8. The highest BCUT2D eigenvalue weighted by molar-refractivity contribution is 9.10. The van der Waals surface area contributed by atoms with Crippen LogP contribution in [0.3, 0.4) is 0 Å². The monoisotopic (exact) mass is 438 g/mol. The molecule has 9 heteroatoms. The van der Waals surface area contributed by atoms with Crippen molar-refractivity contribution in [2.45, 2.75) is 25.5 Å². The molecule has 2 aromatic rings. The zero-order valence-electron chi connectivity index (χ0n) is 14.5. The molecule has 7 nitrogen and oxygen atoms in total. The van der Waals surface area contributed by atoms with Gasteiger partial charge >= 0.3 is 6.03 Å². The number of fused-ring (bicyclic) bond motifs is 1. The van der Waals surface area contributed by atoms with Gasteiger partial charge in [0.1, 0.15) is 0 Å². The molecule has 0 bridgehead atoms. The molecule has 3 amide bonds. The highest BCUT2D eigenvalue weighted by Gasteiger charge is 2.26. The third kappa shape index (κ3) is 3.93. The average Bonchev–Trinajstić information content (AvgIpc) is 3.02. The third-order valence-electron chi connectivity index (χ3n) is 3.91. The minimum atomic E-state index is -0.369. The molecule has 1 aromatic heterocycles. The number of benzene rings is 1. The van der Waals surface area contributed by atoms with Crippen molar-refractivity contribution in [1.82, 2.24) is 19.8 Å². The van der Waals surface area contributed by atoms with Gasteiger partial charge < -0.3 is 5.32 Å². The second-order valence-electron chi connectivity index (χ2n) is 6.43. The summed E-state index contributed by atoms with van der Waals surface area (Å²) >= 11 is 4.57. The summed E-state index contributed by atoms with van der Waals surface area (Å²) < 4.78 is 2.43. The lowest BCUT2D eigenvalue weighted by molar-refractivity contribution is -0.124. The fourth-order valence-corrected chi connectivity index (χ4v) is 3.97. The van der Waals surface area contributed by atoms with E-state index in [0.717, 1.165) is 4.47 Å². The summed E-state index contributed by atoms with van der Waals surface area (Å²) in [4.78, 5) is 42.6. The van der Waals surface area contributed by atoms with Crippen LogP contribution in [0.1, 0.15) is 13.8 Å². The van der Waals surface area contributed by atoms with Gasteiger partial charge in [0.2, 0.25) is 5.91 Å². The number of urea groups is 1. The Labute approximate surface area is 163 Å². The van der Waals surface area contributed by atoms with Crippen LogP contribution in [0.2, 0.25) is 0 Å². The predicted octanol–water partition coefficient (Wildman–Crippen LogP) is 2.46. The number of halogens is 1. The van der Waals surface area contributed by atoms with Gasteiger partial charge in [0.25, 0.3) is 5.56 Å². The Hall–Kier alpha value is -1.87. The maximum absolute atomic E-state index is 12.9. The number of imide groups is 1. The van der Waals surface area contributed by atoms with Crippen molar-refractivity contribution in [3.63, 3.8) is 0 Å². The van der Waals surface area contributed by atoms with Crippen LogP contribution >= 0.6 is 27.7 Å². The van der Waals surface area contributed by atoms with Crippen molar-refractivity contribution in [1.29, 1.82) is 0 Å². The fourth-order valence-electron chi connectivity index (χ4n) is 2.72. The second kappa shape index (κ2) is 7.79. The maximum atomic E-state index is 12.9. The molecule has 0 radical (unpaired) electrons. The molecular formula is C17H19BrN4O3S. The molecule has 138 valence electrons. The topological polar surface area (TPSA) is 84.3 Å². The number of carbonyl (C=O) groups excluding carboxylic acids is 2. The molecule has 0 aliphatic carbocycles. The molecule has 3 rings (SSSR count). The lowest BCUT2D eigenvalue weighted by Crippen LogP contribution is -2.35. The first-order chi connectivity index (χ1) is 12.4. The standard InChI is InChI=1S/C17H19BrN4O3S/c1-10(2)8-22-15(24)12-7-11(18)3-4-13(12)20-17(22)26-9-14(23)21-6-5-19-16(21)25/h3-4,7,10H,5-6,8-9H2,1-2H3,(H,19,25). The Kier molecular flexibility index (Phi) is 5.67. The number of nitrogens with one attached hydrogen (secondary N) is 1. The summed E-state index contributed by atoms with van der Waals surface area (Å²) in [7, 11) is 0. The van der Waals surface area contributed by atoms with Crippen LogP contribution in [0.15, 0.2) is 32.6 Å². The van der Waals surface area contributed by atoms with Crippen molar-refractivity contribution in [3.8, 4) is 0 Å². The van der Waals surface area contributed by atoms with Crippen molar-refractivity contribution >= 4 is 50.5 Å². The number of rotatable bonds is 5. The van der Waals surface area contributed by atoms with E-state index in [2.05, 4.69) is 26.2 Å². The van der Waals surface area contributed by atoms with Crippen molar-refractivity contribution in [2.24, 2.45) is 5.92 Å². The number of aromatic nitrogens is 2. The first kappa shape index (κ1) is 18.9. The van der Waals surface area contributed by atoms with E-state index in [1.54, 1.807) is 16.7 Å². The number of amides is 3. The summed E-state index contributed by atoms with van der Waals surface area (Å²) in [6, 6.07) is 5.00. The van der Waals surface area contributed by atoms with E-state index in [1.807, 2.05) is 19.9 Å². The van der Waals surface area contributed by atoms with E-state index in [-0.39, 0.29) is 29.2 Å². The Morgan fingerprint density at radius 2 is 2.15 bits per heavy atom. The quantitative estimate of drug-likeness (QED) is 0.572.